The van der Waals surface area contributed by atoms with Crippen molar-refractivity contribution in [1.82, 2.24) is 5.32 Å². The highest BCUT2D eigenvalue weighted by Crippen LogP contribution is 2.32. The van der Waals surface area contributed by atoms with Crippen molar-refractivity contribution in [3.63, 3.8) is 0 Å². The molecule has 2 rings (SSSR count). The summed E-state index contributed by atoms with van der Waals surface area (Å²) in [5, 5.41) is 2.69. The van der Waals surface area contributed by atoms with Gasteiger partial charge in [-0.1, -0.05) is 18.2 Å². The van der Waals surface area contributed by atoms with Crippen molar-refractivity contribution in [2.45, 2.75) is 6.92 Å². The molecule has 1 aliphatic heterocycles. The van der Waals surface area contributed by atoms with Gasteiger partial charge in [0.1, 0.15) is 0 Å². The minimum absolute atomic E-state index is 0.0321. The van der Waals surface area contributed by atoms with Crippen LogP contribution in [-0.4, -0.2) is 19.2 Å². The molecule has 4 heteroatoms. The maximum absolute atomic E-state index is 10.6. The lowest BCUT2D eigenvalue weighted by Crippen LogP contribution is -2.19. The zero-order chi connectivity index (χ0) is 11.4. The van der Waals surface area contributed by atoms with Crippen LogP contribution in [0.3, 0.4) is 0 Å². The lowest BCUT2D eigenvalue weighted by molar-refractivity contribution is -0.118. The highest BCUT2D eigenvalue weighted by atomic mass is 16.7. The molecule has 1 aromatic carbocycles. The summed E-state index contributed by atoms with van der Waals surface area (Å²) in [4.78, 5) is 10.6. The van der Waals surface area contributed by atoms with E-state index < -0.39 is 0 Å². The highest BCUT2D eigenvalue weighted by molar-refractivity contribution is 5.73. The summed E-state index contributed by atoms with van der Waals surface area (Å²) in [5.74, 6) is 1.51. The molecule has 0 bridgehead atoms. The smallest absolute Gasteiger partial charge is 0.231 e. The molecule has 0 saturated carbocycles. The van der Waals surface area contributed by atoms with Crippen LogP contribution in [-0.2, 0) is 4.79 Å². The van der Waals surface area contributed by atoms with Gasteiger partial charge in [-0.05, 0) is 17.7 Å². The summed E-state index contributed by atoms with van der Waals surface area (Å²) in [7, 11) is 0. The summed E-state index contributed by atoms with van der Waals surface area (Å²) < 4.78 is 10.5. The van der Waals surface area contributed by atoms with Crippen LogP contribution in [0.5, 0.6) is 11.5 Å². The van der Waals surface area contributed by atoms with Gasteiger partial charge in [-0.3, -0.25) is 4.79 Å². The third-order valence-corrected chi connectivity index (χ3v) is 2.18. The van der Waals surface area contributed by atoms with Gasteiger partial charge in [0, 0.05) is 13.5 Å². The Kier molecular flexibility index (Phi) is 3.10. The molecule has 0 saturated heterocycles. The second kappa shape index (κ2) is 4.70. The van der Waals surface area contributed by atoms with Crippen molar-refractivity contribution in [2.24, 2.45) is 0 Å². The third kappa shape index (κ3) is 2.53. The maximum Gasteiger partial charge on any atom is 0.231 e. The standard InChI is InChI=1S/C12H13NO3/c1-9(14)13-6-2-3-10-4-5-11-12(7-10)16-8-15-11/h2-5,7H,6,8H2,1H3,(H,13,14). The van der Waals surface area contributed by atoms with Gasteiger partial charge >= 0.3 is 0 Å². The predicted octanol–water partition coefficient (Wildman–Crippen LogP) is 1.56. The van der Waals surface area contributed by atoms with E-state index in [4.69, 9.17) is 9.47 Å². The van der Waals surface area contributed by atoms with Gasteiger partial charge in [0.25, 0.3) is 0 Å². The number of fused-ring (bicyclic) bond motifs is 1. The van der Waals surface area contributed by atoms with Crippen molar-refractivity contribution in [2.75, 3.05) is 13.3 Å². The van der Waals surface area contributed by atoms with Crippen LogP contribution in [0.2, 0.25) is 0 Å². The first-order valence-corrected chi connectivity index (χ1v) is 5.06. The van der Waals surface area contributed by atoms with E-state index in [0.29, 0.717) is 6.54 Å². The van der Waals surface area contributed by atoms with E-state index in [1.165, 1.54) is 6.92 Å². The molecule has 1 aromatic rings. The molecule has 0 atom stereocenters. The SMILES string of the molecule is CC(=O)NCC=Cc1ccc2c(c1)OCO2. The minimum Gasteiger partial charge on any atom is -0.454 e. The van der Waals surface area contributed by atoms with Gasteiger partial charge in [-0.2, -0.15) is 0 Å². The van der Waals surface area contributed by atoms with Gasteiger partial charge in [0.05, 0.1) is 0 Å². The van der Waals surface area contributed by atoms with E-state index in [1.807, 2.05) is 30.4 Å². The topological polar surface area (TPSA) is 47.6 Å². The number of carbonyl (C=O) groups excluding carboxylic acids is 1. The lowest BCUT2D eigenvalue weighted by atomic mass is 10.2. The Morgan fingerprint density at radius 2 is 2.25 bits per heavy atom. The Hall–Kier alpha value is -1.97. The number of carbonyl (C=O) groups is 1. The number of rotatable bonds is 3. The average molecular weight is 219 g/mol. The van der Waals surface area contributed by atoms with E-state index in [9.17, 15) is 4.79 Å². The lowest BCUT2D eigenvalue weighted by Gasteiger charge is -1.98. The van der Waals surface area contributed by atoms with E-state index in [0.717, 1.165) is 17.1 Å². The van der Waals surface area contributed by atoms with Crippen LogP contribution < -0.4 is 14.8 Å². The van der Waals surface area contributed by atoms with E-state index in [-0.39, 0.29) is 12.7 Å². The second-order valence-corrected chi connectivity index (χ2v) is 3.45. The number of amides is 1. The monoisotopic (exact) mass is 219 g/mol. The minimum atomic E-state index is -0.0321. The molecule has 0 fully saturated rings. The van der Waals surface area contributed by atoms with Crippen molar-refractivity contribution in [3.8, 4) is 11.5 Å². The Balaban J connectivity index is 1.97. The average Bonchev–Trinajstić information content (AvgIpc) is 2.71. The molecular formula is C12H13NO3. The Labute approximate surface area is 93.9 Å². The fraction of sp³-hybridized carbons (Fsp3) is 0.250. The van der Waals surface area contributed by atoms with Crippen LogP contribution in [0, 0.1) is 0 Å². The van der Waals surface area contributed by atoms with Crippen LogP contribution in [0.15, 0.2) is 24.3 Å². The van der Waals surface area contributed by atoms with E-state index >= 15 is 0 Å². The van der Waals surface area contributed by atoms with Crippen molar-refractivity contribution in [1.29, 1.82) is 0 Å². The van der Waals surface area contributed by atoms with Gasteiger partial charge < -0.3 is 14.8 Å². The largest absolute Gasteiger partial charge is 0.454 e. The zero-order valence-electron chi connectivity index (χ0n) is 9.03. The summed E-state index contributed by atoms with van der Waals surface area (Å²) in [6.45, 7) is 2.31. The summed E-state index contributed by atoms with van der Waals surface area (Å²) in [6, 6.07) is 5.73. The molecule has 0 aliphatic carbocycles. The summed E-state index contributed by atoms with van der Waals surface area (Å²) in [5.41, 5.74) is 1.02. The number of ether oxygens (including phenoxy) is 2. The molecule has 1 amide bonds. The summed E-state index contributed by atoms with van der Waals surface area (Å²) in [6.07, 6.45) is 3.82. The van der Waals surface area contributed by atoms with Crippen molar-refractivity contribution < 1.29 is 14.3 Å². The zero-order valence-corrected chi connectivity index (χ0v) is 9.03. The molecule has 0 radical (unpaired) electrons. The van der Waals surface area contributed by atoms with E-state index in [1.54, 1.807) is 0 Å². The quantitative estimate of drug-likeness (QED) is 0.839. The van der Waals surface area contributed by atoms with Crippen LogP contribution in [0.25, 0.3) is 6.08 Å². The fourth-order valence-electron chi connectivity index (χ4n) is 1.41. The normalized spacial score (nSPS) is 13.1. The Morgan fingerprint density at radius 1 is 1.44 bits per heavy atom. The first kappa shape index (κ1) is 10.5. The van der Waals surface area contributed by atoms with Crippen molar-refractivity contribution in [3.05, 3.63) is 29.8 Å². The molecule has 1 aliphatic rings. The molecule has 1 heterocycles. The molecule has 0 unspecified atom stereocenters. The molecule has 4 nitrogen and oxygen atoms in total. The van der Waals surface area contributed by atoms with Crippen LogP contribution >= 0.6 is 0 Å². The molecule has 16 heavy (non-hydrogen) atoms. The van der Waals surface area contributed by atoms with Gasteiger partial charge in [-0.15, -0.1) is 0 Å². The molecular weight excluding hydrogens is 206 g/mol. The van der Waals surface area contributed by atoms with Crippen LogP contribution in [0.4, 0.5) is 0 Å². The highest BCUT2D eigenvalue weighted by Gasteiger charge is 2.11. The van der Waals surface area contributed by atoms with Crippen LogP contribution in [0.1, 0.15) is 12.5 Å². The van der Waals surface area contributed by atoms with Crippen molar-refractivity contribution >= 4 is 12.0 Å². The van der Waals surface area contributed by atoms with E-state index in [2.05, 4.69) is 5.32 Å². The Bertz CT molecular complexity index is 426. The molecule has 0 aromatic heterocycles. The molecule has 0 spiro atoms. The summed E-state index contributed by atoms with van der Waals surface area (Å²) >= 11 is 0. The maximum atomic E-state index is 10.6. The first-order valence-electron chi connectivity index (χ1n) is 5.06. The second-order valence-electron chi connectivity index (χ2n) is 3.45. The fourth-order valence-corrected chi connectivity index (χ4v) is 1.41. The van der Waals surface area contributed by atoms with Gasteiger partial charge in [0.2, 0.25) is 12.7 Å². The number of benzene rings is 1. The molecule has 84 valence electrons. The Morgan fingerprint density at radius 3 is 3.06 bits per heavy atom. The van der Waals surface area contributed by atoms with Gasteiger partial charge in [0.15, 0.2) is 11.5 Å². The third-order valence-electron chi connectivity index (χ3n) is 2.18. The number of nitrogens with one attached hydrogen (secondary N) is 1. The number of hydrogen-bond acceptors (Lipinski definition) is 3. The number of hydrogen-bond donors (Lipinski definition) is 1. The first-order chi connectivity index (χ1) is 7.75. The van der Waals surface area contributed by atoms with Gasteiger partial charge in [-0.25, -0.2) is 0 Å². The predicted molar refractivity (Wildman–Crippen MR) is 60.3 cm³/mol. The molecule has 1 N–H and O–H groups in total.